The zero-order chi connectivity index (χ0) is 13.9. The summed E-state index contributed by atoms with van der Waals surface area (Å²) in [4.78, 5) is 23.5. The third-order valence-corrected chi connectivity index (χ3v) is 4.93. The van der Waals surface area contributed by atoms with E-state index in [9.17, 15) is 14.7 Å². The topological polar surface area (TPSA) is 63.6 Å². The third kappa shape index (κ3) is 1.62. The third-order valence-electron chi connectivity index (χ3n) is 4.93. The first-order chi connectivity index (χ1) is 8.91. The Morgan fingerprint density at radius 2 is 2.05 bits per heavy atom. The average Bonchev–Trinajstić information content (AvgIpc) is 2.75. The van der Waals surface area contributed by atoms with Gasteiger partial charge in [-0.05, 0) is 36.3 Å². The van der Waals surface area contributed by atoms with Crippen LogP contribution < -0.4 is 0 Å². The molecule has 1 heterocycles. The fourth-order valence-electron chi connectivity index (χ4n) is 3.81. The van der Waals surface area contributed by atoms with Crippen LogP contribution in [-0.2, 0) is 14.3 Å². The molecule has 4 nitrogen and oxygen atoms in total. The molecule has 5 atom stereocenters. The number of hydrogen-bond acceptors (Lipinski definition) is 4. The number of Topliss-reactive ketones (excluding diaryl/α,β-unsaturated/α-hetero) is 1. The average molecular weight is 262 g/mol. The van der Waals surface area contributed by atoms with E-state index in [4.69, 9.17) is 4.74 Å². The number of allylic oxidation sites excluding steroid dienone is 1. The van der Waals surface area contributed by atoms with Crippen LogP contribution in [0.25, 0.3) is 0 Å². The molecule has 2 fully saturated rings. The van der Waals surface area contributed by atoms with Gasteiger partial charge in [0.15, 0.2) is 5.78 Å². The molecule has 1 saturated heterocycles. The van der Waals surface area contributed by atoms with Crippen LogP contribution in [0.1, 0.15) is 26.7 Å². The van der Waals surface area contributed by atoms with Gasteiger partial charge < -0.3 is 9.84 Å². The summed E-state index contributed by atoms with van der Waals surface area (Å²) in [6.45, 7) is 7.58. The van der Waals surface area contributed by atoms with Crippen LogP contribution in [0.15, 0.2) is 23.3 Å². The smallest absolute Gasteiger partial charge is 0.334 e. The number of rotatable bonds is 0. The van der Waals surface area contributed by atoms with Crippen LogP contribution in [0, 0.1) is 17.8 Å². The van der Waals surface area contributed by atoms with E-state index in [0.717, 1.165) is 5.57 Å². The van der Waals surface area contributed by atoms with Gasteiger partial charge in [-0.1, -0.05) is 13.5 Å². The molecular formula is C15H18O4. The van der Waals surface area contributed by atoms with E-state index in [1.165, 1.54) is 0 Å². The quantitative estimate of drug-likeness (QED) is 0.529. The Hall–Kier alpha value is -1.42. The molecule has 0 aromatic carbocycles. The maximum Gasteiger partial charge on any atom is 0.334 e. The van der Waals surface area contributed by atoms with Crippen LogP contribution in [0.4, 0.5) is 0 Å². The van der Waals surface area contributed by atoms with E-state index in [1.807, 2.05) is 0 Å². The summed E-state index contributed by atoms with van der Waals surface area (Å²) < 4.78 is 5.32. The van der Waals surface area contributed by atoms with Crippen LogP contribution in [0.2, 0.25) is 0 Å². The molecule has 0 unspecified atom stereocenters. The molecule has 3 aliphatic rings. The van der Waals surface area contributed by atoms with Gasteiger partial charge in [-0.3, -0.25) is 4.79 Å². The number of aliphatic hydroxyl groups excluding tert-OH is 1. The van der Waals surface area contributed by atoms with Crippen molar-refractivity contribution < 1.29 is 19.4 Å². The summed E-state index contributed by atoms with van der Waals surface area (Å²) in [6, 6.07) is 0. The predicted molar refractivity (Wildman–Crippen MR) is 68.1 cm³/mol. The van der Waals surface area contributed by atoms with Gasteiger partial charge in [0.25, 0.3) is 0 Å². The minimum absolute atomic E-state index is 0.0830. The zero-order valence-corrected chi connectivity index (χ0v) is 11.2. The lowest BCUT2D eigenvalue weighted by molar-refractivity contribution is -0.140. The molecule has 0 aromatic heterocycles. The Bertz CT molecular complexity index is 516. The molecule has 1 saturated carbocycles. The lowest BCUT2D eigenvalue weighted by atomic mass is 9.84. The number of ketones is 1. The van der Waals surface area contributed by atoms with E-state index in [1.54, 1.807) is 6.92 Å². The highest BCUT2D eigenvalue weighted by Crippen LogP contribution is 2.48. The van der Waals surface area contributed by atoms with Crippen molar-refractivity contribution in [3.63, 3.8) is 0 Å². The fourth-order valence-corrected chi connectivity index (χ4v) is 3.81. The SMILES string of the molecule is C=C1C(=O)O[C@@H]2C[C@@H](C)[C@@H]3CC(=O)C(C)=C3[C@H](O)[C@H]12. The Morgan fingerprint density at radius 3 is 2.74 bits per heavy atom. The van der Waals surface area contributed by atoms with Crippen LogP contribution in [0.5, 0.6) is 0 Å². The van der Waals surface area contributed by atoms with Crippen molar-refractivity contribution in [2.24, 2.45) is 17.8 Å². The molecule has 19 heavy (non-hydrogen) atoms. The number of ether oxygens (including phenoxy) is 1. The van der Waals surface area contributed by atoms with E-state index in [0.29, 0.717) is 24.0 Å². The lowest BCUT2D eigenvalue weighted by Gasteiger charge is -2.22. The number of aliphatic hydroxyl groups is 1. The van der Waals surface area contributed by atoms with Crippen molar-refractivity contribution in [3.05, 3.63) is 23.3 Å². The van der Waals surface area contributed by atoms with E-state index >= 15 is 0 Å². The van der Waals surface area contributed by atoms with Crippen LogP contribution in [0.3, 0.4) is 0 Å². The maximum atomic E-state index is 11.9. The van der Waals surface area contributed by atoms with Crippen molar-refractivity contribution in [1.82, 2.24) is 0 Å². The minimum Gasteiger partial charge on any atom is -0.458 e. The summed E-state index contributed by atoms with van der Waals surface area (Å²) in [5, 5.41) is 10.6. The van der Waals surface area contributed by atoms with Crippen molar-refractivity contribution in [2.45, 2.75) is 38.9 Å². The van der Waals surface area contributed by atoms with Gasteiger partial charge in [0, 0.05) is 12.0 Å². The second-order valence-corrected chi connectivity index (χ2v) is 5.97. The molecule has 2 aliphatic carbocycles. The molecule has 0 spiro atoms. The summed E-state index contributed by atoms with van der Waals surface area (Å²) >= 11 is 0. The highest BCUT2D eigenvalue weighted by Gasteiger charge is 2.51. The maximum absolute atomic E-state index is 11.9. The molecule has 0 radical (unpaired) electrons. The van der Waals surface area contributed by atoms with E-state index in [-0.39, 0.29) is 23.7 Å². The molecule has 102 valence electrons. The summed E-state index contributed by atoms with van der Waals surface area (Å²) in [5.74, 6) is -0.391. The van der Waals surface area contributed by atoms with Crippen LogP contribution in [-0.4, -0.2) is 29.1 Å². The normalized spacial score (nSPS) is 42.1. The standard InChI is InChI=1S/C15H18O4/c1-6-4-11-13(8(3)15(18)19-11)14(17)12-7(2)10(16)5-9(6)12/h6,9,11,13-14,17H,3-5H2,1-2H3/t6-,9+,11-,13-,14+/m1/s1. The fraction of sp³-hybridized carbons (Fsp3) is 0.600. The first-order valence-electron chi connectivity index (χ1n) is 6.73. The van der Waals surface area contributed by atoms with E-state index < -0.39 is 18.0 Å². The molecule has 1 N–H and O–H groups in total. The second-order valence-electron chi connectivity index (χ2n) is 5.97. The first kappa shape index (κ1) is 12.6. The Balaban J connectivity index is 2.08. The van der Waals surface area contributed by atoms with Crippen molar-refractivity contribution in [2.75, 3.05) is 0 Å². The largest absolute Gasteiger partial charge is 0.458 e. The molecule has 1 aliphatic heterocycles. The Kier molecular flexibility index (Phi) is 2.68. The van der Waals surface area contributed by atoms with Gasteiger partial charge in [-0.2, -0.15) is 0 Å². The van der Waals surface area contributed by atoms with Gasteiger partial charge in [0.05, 0.1) is 12.0 Å². The number of esters is 1. The zero-order valence-electron chi connectivity index (χ0n) is 11.2. The highest BCUT2D eigenvalue weighted by atomic mass is 16.6. The van der Waals surface area contributed by atoms with Crippen molar-refractivity contribution in [3.8, 4) is 0 Å². The number of carbonyl (C=O) groups is 2. The predicted octanol–water partition coefficient (Wildman–Crippen LogP) is 1.39. The van der Waals surface area contributed by atoms with Crippen molar-refractivity contribution in [1.29, 1.82) is 0 Å². The van der Waals surface area contributed by atoms with Gasteiger partial charge in [0.1, 0.15) is 6.10 Å². The summed E-state index contributed by atoms with van der Waals surface area (Å²) in [6.07, 6.45) is 0.0388. The molecule has 4 heteroatoms. The molecule has 0 bridgehead atoms. The lowest BCUT2D eigenvalue weighted by Crippen LogP contribution is -2.29. The van der Waals surface area contributed by atoms with Gasteiger partial charge >= 0.3 is 5.97 Å². The molecule has 0 amide bonds. The highest BCUT2D eigenvalue weighted by molar-refractivity contribution is 5.99. The van der Waals surface area contributed by atoms with E-state index in [2.05, 4.69) is 13.5 Å². The van der Waals surface area contributed by atoms with Crippen LogP contribution >= 0.6 is 0 Å². The first-order valence-corrected chi connectivity index (χ1v) is 6.73. The Labute approximate surface area is 112 Å². The molecule has 0 aromatic rings. The number of carbonyl (C=O) groups excluding carboxylic acids is 2. The second kappa shape index (κ2) is 4.04. The number of fused-ring (bicyclic) bond motifs is 2. The minimum atomic E-state index is -0.814. The van der Waals surface area contributed by atoms with Gasteiger partial charge in [-0.15, -0.1) is 0 Å². The number of hydrogen-bond donors (Lipinski definition) is 1. The molecular weight excluding hydrogens is 244 g/mol. The Morgan fingerprint density at radius 1 is 1.37 bits per heavy atom. The van der Waals surface area contributed by atoms with Gasteiger partial charge in [0.2, 0.25) is 0 Å². The monoisotopic (exact) mass is 262 g/mol. The van der Waals surface area contributed by atoms with Crippen molar-refractivity contribution >= 4 is 11.8 Å². The van der Waals surface area contributed by atoms with Gasteiger partial charge in [-0.25, -0.2) is 4.79 Å². The molecule has 3 rings (SSSR count). The summed E-state index contributed by atoms with van der Waals surface area (Å²) in [7, 11) is 0. The summed E-state index contributed by atoms with van der Waals surface area (Å²) in [5.41, 5.74) is 1.81.